The van der Waals surface area contributed by atoms with Gasteiger partial charge in [0.2, 0.25) is 0 Å². The Morgan fingerprint density at radius 1 is 1.04 bits per heavy atom. The monoisotopic (exact) mass is 331 g/mol. The average Bonchev–Trinajstić information content (AvgIpc) is 3.32. The Labute approximate surface area is 145 Å². The number of rotatable bonds is 7. The quantitative estimate of drug-likeness (QED) is 0.678. The molecule has 3 heteroatoms. The van der Waals surface area contributed by atoms with Crippen molar-refractivity contribution in [1.29, 1.82) is 0 Å². The van der Waals surface area contributed by atoms with Crippen LogP contribution < -0.4 is 4.74 Å². The van der Waals surface area contributed by atoms with Crippen molar-refractivity contribution in [2.75, 3.05) is 20.1 Å². The highest BCUT2D eigenvalue weighted by Gasteiger charge is 2.23. The summed E-state index contributed by atoms with van der Waals surface area (Å²) in [6.45, 7) is 4.64. The molecule has 2 aromatic rings. The molecule has 1 unspecified atom stereocenters. The zero-order chi connectivity index (χ0) is 15.4. The van der Waals surface area contributed by atoms with Crippen molar-refractivity contribution < 1.29 is 4.74 Å². The predicted octanol–water partition coefficient (Wildman–Crippen LogP) is 5.35. The lowest BCUT2D eigenvalue weighted by Gasteiger charge is -2.21. The number of benzene rings is 2. The summed E-state index contributed by atoms with van der Waals surface area (Å²) >= 11 is 0. The minimum atomic E-state index is 0. The van der Waals surface area contributed by atoms with Crippen LogP contribution in [-0.4, -0.2) is 25.0 Å². The van der Waals surface area contributed by atoms with E-state index in [0.717, 1.165) is 24.0 Å². The molecule has 1 fully saturated rings. The molecule has 0 heterocycles. The topological polar surface area (TPSA) is 12.5 Å². The van der Waals surface area contributed by atoms with E-state index in [1.54, 1.807) is 0 Å². The first kappa shape index (κ1) is 17.8. The molecule has 0 bridgehead atoms. The van der Waals surface area contributed by atoms with Gasteiger partial charge in [-0.2, -0.15) is 0 Å². The van der Waals surface area contributed by atoms with E-state index < -0.39 is 0 Å². The van der Waals surface area contributed by atoms with E-state index >= 15 is 0 Å². The molecule has 1 aliphatic carbocycles. The lowest BCUT2D eigenvalue weighted by Crippen LogP contribution is -2.25. The van der Waals surface area contributed by atoms with Crippen molar-refractivity contribution in [3.63, 3.8) is 0 Å². The fraction of sp³-hybridized carbons (Fsp3) is 0.400. The van der Waals surface area contributed by atoms with Gasteiger partial charge in [-0.1, -0.05) is 37.3 Å². The first-order valence-corrected chi connectivity index (χ1v) is 8.22. The molecule has 0 N–H and O–H groups in total. The van der Waals surface area contributed by atoms with Gasteiger partial charge in [-0.05, 0) is 61.6 Å². The molecule has 1 atom stereocenters. The SMILES string of the molecule is CC(CN(C)CC1CC1)c1cccc(Oc2ccccc2)c1.Cl. The predicted molar refractivity (Wildman–Crippen MR) is 98.8 cm³/mol. The van der Waals surface area contributed by atoms with E-state index in [9.17, 15) is 0 Å². The number of nitrogens with zero attached hydrogens (tertiary/aromatic N) is 1. The summed E-state index contributed by atoms with van der Waals surface area (Å²) in [6.07, 6.45) is 2.83. The summed E-state index contributed by atoms with van der Waals surface area (Å²) in [5, 5.41) is 0. The van der Waals surface area contributed by atoms with Gasteiger partial charge >= 0.3 is 0 Å². The second-order valence-corrected chi connectivity index (χ2v) is 6.55. The number of ether oxygens (including phenoxy) is 1. The fourth-order valence-electron chi connectivity index (χ4n) is 2.90. The molecule has 1 saturated carbocycles. The smallest absolute Gasteiger partial charge is 0.127 e. The molecule has 124 valence electrons. The van der Waals surface area contributed by atoms with Gasteiger partial charge in [0.25, 0.3) is 0 Å². The van der Waals surface area contributed by atoms with Crippen molar-refractivity contribution in [2.45, 2.75) is 25.7 Å². The van der Waals surface area contributed by atoms with Crippen molar-refractivity contribution in [1.82, 2.24) is 4.90 Å². The molecule has 1 aliphatic rings. The summed E-state index contributed by atoms with van der Waals surface area (Å²) in [5.41, 5.74) is 1.34. The minimum absolute atomic E-state index is 0. The lowest BCUT2D eigenvalue weighted by atomic mass is 10.0. The molecule has 0 saturated heterocycles. The normalized spacial score (nSPS) is 15.1. The van der Waals surface area contributed by atoms with Gasteiger partial charge in [0.1, 0.15) is 11.5 Å². The first-order chi connectivity index (χ1) is 10.7. The third-order valence-electron chi connectivity index (χ3n) is 4.26. The maximum absolute atomic E-state index is 5.94. The van der Waals surface area contributed by atoms with Crippen LogP contribution in [0.15, 0.2) is 54.6 Å². The van der Waals surface area contributed by atoms with Crippen LogP contribution in [0.4, 0.5) is 0 Å². The Balaban J connectivity index is 0.00000192. The van der Waals surface area contributed by atoms with E-state index in [2.05, 4.69) is 37.1 Å². The molecule has 2 nitrogen and oxygen atoms in total. The van der Waals surface area contributed by atoms with E-state index in [0.29, 0.717) is 5.92 Å². The molecular formula is C20H26ClNO. The molecular weight excluding hydrogens is 306 g/mol. The van der Waals surface area contributed by atoms with Gasteiger partial charge in [-0.3, -0.25) is 0 Å². The number of hydrogen-bond donors (Lipinski definition) is 0. The molecule has 23 heavy (non-hydrogen) atoms. The Bertz CT molecular complexity index is 598. The van der Waals surface area contributed by atoms with Crippen LogP contribution >= 0.6 is 12.4 Å². The molecule has 0 aromatic heterocycles. The average molecular weight is 332 g/mol. The number of hydrogen-bond acceptors (Lipinski definition) is 2. The van der Waals surface area contributed by atoms with Gasteiger partial charge in [-0.25, -0.2) is 0 Å². The van der Waals surface area contributed by atoms with E-state index in [1.807, 2.05) is 36.4 Å². The molecule has 0 spiro atoms. The van der Waals surface area contributed by atoms with Crippen LogP contribution in [0.3, 0.4) is 0 Å². The fourth-order valence-corrected chi connectivity index (χ4v) is 2.90. The zero-order valence-electron chi connectivity index (χ0n) is 13.9. The highest BCUT2D eigenvalue weighted by Crippen LogP contribution is 2.30. The zero-order valence-corrected chi connectivity index (χ0v) is 14.8. The summed E-state index contributed by atoms with van der Waals surface area (Å²) in [5.74, 6) is 3.27. The molecule has 0 aliphatic heterocycles. The highest BCUT2D eigenvalue weighted by molar-refractivity contribution is 5.85. The standard InChI is InChI=1S/C20H25NO.ClH/c1-16(14-21(2)15-17-11-12-17)18-7-6-10-20(13-18)22-19-8-4-3-5-9-19;/h3-10,13,16-17H,11-12,14-15H2,1-2H3;1H. The molecule has 0 amide bonds. The summed E-state index contributed by atoms with van der Waals surface area (Å²) in [7, 11) is 2.24. The van der Waals surface area contributed by atoms with E-state index in [1.165, 1.54) is 24.9 Å². The Kier molecular flexibility index (Phi) is 6.49. The van der Waals surface area contributed by atoms with Crippen LogP contribution in [0.1, 0.15) is 31.2 Å². The Morgan fingerprint density at radius 3 is 2.43 bits per heavy atom. The maximum Gasteiger partial charge on any atom is 0.127 e. The van der Waals surface area contributed by atoms with Crippen LogP contribution in [0, 0.1) is 5.92 Å². The molecule has 0 radical (unpaired) electrons. The van der Waals surface area contributed by atoms with Crippen molar-refractivity contribution in [2.24, 2.45) is 5.92 Å². The number of halogens is 1. The van der Waals surface area contributed by atoms with Gasteiger partial charge < -0.3 is 9.64 Å². The second-order valence-electron chi connectivity index (χ2n) is 6.55. The second kappa shape index (κ2) is 8.37. The first-order valence-electron chi connectivity index (χ1n) is 8.22. The summed E-state index contributed by atoms with van der Waals surface area (Å²) in [4.78, 5) is 2.47. The Hall–Kier alpha value is -1.51. The van der Waals surface area contributed by atoms with E-state index in [4.69, 9.17) is 4.74 Å². The van der Waals surface area contributed by atoms with E-state index in [-0.39, 0.29) is 12.4 Å². The van der Waals surface area contributed by atoms with Gasteiger partial charge in [0.15, 0.2) is 0 Å². The van der Waals surface area contributed by atoms with Crippen molar-refractivity contribution in [3.05, 3.63) is 60.2 Å². The Morgan fingerprint density at radius 2 is 1.74 bits per heavy atom. The summed E-state index contributed by atoms with van der Waals surface area (Å²) < 4.78 is 5.94. The van der Waals surface area contributed by atoms with Crippen molar-refractivity contribution in [3.8, 4) is 11.5 Å². The van der Waals surface area contributed by atoms with Crippen LogP contribution in [0.25, 0.3) is 0 Å². The van der Waals surface area contributed by atoms with Crippen molar-refractivity contribution >= 4 is 12.4 Å². The van der Waals surface area contributed by atoms with Crippen LogP contribution in [-0.2, 0) is 0 Å². The van der Waals surface area contributed by atoms with Gasteiger partial charge in [-0.15, -0.1) is 12.4 Å². The maximum atomic E-state index is 5.94. The number of likely N-dealkylation sites (N-methyl/N-ethyl adjacent to an activating group) is 1. The van der Waals surface area contributed by atoms with Crippen LogP contribution in [0.5, 0.6) is 11.5 Å². The summed E-state index contributed by atoms with van der Waals surface area (Å²) in [6, 6.07) is 18.4. The third kappa shape index (κ3) is 5.56. The van der Waals surface area contributed by atoms with Crippen LogP contribution in [0.2, 0.25) is 0 Å². The minimum Gasteiger partial charge on any atom is -0.457 e. The highest BCUT2D eigenvalue weighted by atomic mass is 35.5. The largest absolute Gasteiger partial charge is 0.457 e. The third-order valence-corrected chi connectivity index (χ3v) is 4.26. The molecule has 2 aromatic carbocycles. The lowest BCUT2D eigenvalue weighted by molar-refractivity contribution is 0.304. The molecule has 3 rings (SSSR count). The van der Waals surface area contributed by atoms with Gasteiger partial charge in [0.05, 0.1) is 0 Å². The van der Waals surface area contributed by atoms with Gasteiger partial charge in [0, 0.05) is 13.1 Å². The number of para-hydroxylation sites is 1.